The molecule has 0 aliphatic carbocycles. The minimum absolute atomic E-state index is 0.00472. The molecular weight excluding hydrogens is 218 g/mol. The van der Waals surface area contributed by atoms with E-state index in [1.807, 2.05) is 0 Å². The third-order valence-corrected chi connectivity index (χ3v) is 2.13. The molecule has 4 nitrogen and oxygen atoms in total. The number of nitrogens with two attached hydrogens (primary N) is 1. The minimum atomic E-state index is -2.87. The van der Waals surface area contributed by atoms with Crippen LogP contribution >= 0.6 is 0 Å². The van der Waals surface area contributed by atoms with Gasteiger partial charge in [0.05, 0.1) is 24.8 Å². The van der Waals surface area contributed by atoms with E-state index in [9.17, 15) is 13.9 Å². The van der Waals surface area contributed by atoms with Gasteiger partial charge in [-0.15, -0.1) is 0 Å². The fourth-order valence-electron chi connectivity index (χ4n) is 1.31. The van der Waals surface area contributed by atoms with Crippen molar-refractivity contribution < 1.29 is 18.6 Å². The molecule has 3 N–H and O–H groups in total. The summed E-state index contributed by atoms with van der Waals surface area (Å²) >= 11 is 0. The van der Waals surface area contributed by atoms with Gasteiger partial charge in [-0.05, 0) is 12.1 Å². The van der Waals surface area contributed by atoms with E-state index in [-0.39, 0.29) is 16.9 Å². The molecule has 1 atom stereocenters. The summed E-state index contributed by atoms with van der Waals surface area (Å²) in [5.74, 6) is -0.514. The second kappa shape index (κ2) is 4.77. The number of alkyl halides is 2. The van der Waals surface area contributed by atoms with Crippen LogP contribution in [0.3, 0.4) is 0 Å². The first-order chi connectivity index (χ1) is 7.52. The molecule has 1 aromatic rings. The van der Waals surface area contributed by atoms with Crippen molar-refractivity contribution in [2.75, 3.05) is 7.11 Å². The Bertz CT molecular complexity index is 430. The van der Waals surface area contributed by atoms with E-state index in [1.54, 1.807) is 6.07 Å². The van der Waals surface area contributed by atoms with Crippen molar-refractivity contribution in [1.82, 2.24) is 0 Å². The quantitative estimate of drug-likeness (QED) is 0.822. The first-order valence-electron chi connectivity index (χ1n) is 4.36. The highest BCUT2D eigenvalue weighted by Gasteiger charge is 2.26. The molecule has 0 saturated carbocycles. The summed E-state index contributed by atoms with van der Waals surface area (Å²) in [4.78, 5) is 0. The molecule has 0 amide bonds. The number of halogens is 2. The van der Waals surface area contributed by atoms with Crippen molar-refractivity contribution in [1.29, 1.82) is 5.26 Å². The maximum atomic E-state index is 12.5. The molecule has 0 fully saturated rings. The molecule has 0 aliphatic rings. The standard InChI is InChI=1S/C10H10F2N2O2/c1-16-6-3-2-5(4-13)7(9(6)15)8(14)10(11)12/h2-3,8,10,15H,14H2,1H3/t8-/m0/s1. The number of hydrogen-bond donors (Lipinski definition) is 2. The zero-order valence-corrected chi connectivity index (χ0v) is 8.45. The number of nitriles is 1. The summed E-state index contributed by atoms with van der Waals surface area (Å²) in [7, 11) is 1.28. The van der Waals surface area contributed by atoms with Gasteiger partial charge in [-0.2, -0.15) is 5.26 Å². The number of phenolic OH excluding ortho intramolecular Hbond substituents is 1. The van der Waals surface area contributed by atoms with Crippen molar-refractivity contribution in [3.8, 4) is 17.6 Å². The van der Waals surface area contributed by atoms with Gasteiger partial charge in [-0.25, -0.2) is 8.78 Å². The molecule has 1 rings (SSSR count). The van der Waals surface area contributed by atoms with Gasteiger partial charge >= 0.3 is 0 Å². The zero-order chi connectivity index (χ0) is 12.3. The van der Waals surface area contributed by atoms with E-state index < -0.39 is 18.2 Å². The summed E-state index contributed by atoms with van der Waals surface area (Å²) in [5, 5.41) is 18.4. The number of aromatic hydroxyl groups is 1. The summed E-state index contributed by atoms with van der Waals surface area (Å²) < 4.78 is 29.7. The summed E-state index contributed by atoms with van der Waals surface area (Å²) in [6, 6.07) is 2.57. The van der Waals surface area contributed by atoms with E-state index in [0.29, 0.717) is 0 Å². The molecule has 0 bridgehead atoms. The first kappa shape index (κ1) is 12.2. The van der Waals surface area contributed by atoms with E-state index >= 15 is 0 Å². The third kappa shape index (κ3) is 2.04. The van der Waals surface area contributed by atoms with Gasteiger partial charge in [-0.1, -0.05) is 0 Å². The maximum Gasteiger partial charge on any atom is 0.257 e. The van der Waals surface area contributed by atoms with Crippen molar-refractivity contribution >= 4 is 0 Å². The van der Waals surface area contributed by atoms with Crippen molar-refractivity contribution in [3.05, 3.63) is 23.3 Å². The monoisotopic (exact) mass is 228 g/mol. The Labute approximate surface area is 90.9 Å². The molecule has 0 radical (unpaired) electrons. The summed E-state index contributed by atoms with van der Waals surface area (Å²) in [6.45, 7) is 0. The number of rotatable bonds is 3. The maximum absolute atomic E-state index is 12.5. The van der Waals surface area contributed by atoms with Crippen LogP contribution < -0.4 is 10.5 Å². The molecule has 0 saturated heterocycles. The Morgan fingerprint density at radius 3 is 2.56 bits per heavy atom. The van der Waals surface area contributed by atoms with Crippen LogP contribution in [0.2, 0.25) is 0 Å². The number of benzene rings is 1. The molecular formula is C10H10F2N2O2. The van der Waals surface area contributed by atoms with Crippen molar-refractivity contribution in [2.24, 2.45) is 5.73 Å². The summed E-state index contributed by atoms with van der Waals surface area (Å²) in [5.41, 5.74) is 4.84. The van der Waals surface area contributed by atoms with E-state index in [2.05, 4.69) is 0 Å². The SMILES string of the molecule is COc1ccc(C#N)c([C@H](N)C(F)F)c1O. The Kier molecular flexibility index (Phi) is 3.64. The second-order valence-electron chi connectivity index (χ2n) is 3.05. The lowest BCUT2D eigenvalue weighted by Gasteiger charge is -2.16. The van der Waals surface area contributed by atoms with Crippen LogP contribution in [0.15, 0.2) is 12.1 Å². The van der Waals surface area contributed by atoms with Crippen LogP contribution in [0.5, 0.6) is 11.5 Å². The Morgan fingerprint density at radius 1 is 1.50 bits per heavy atom. The molecule has 0 unspecified atom stereocenters. The predicted octanol–water partition coefficient (Wildman–Crippen LogP) is 1.54. The van der Waals surface area contributed by atoms with E-state index in [0.717, 1.165) is 0 Å². The predicted molar refractivity (Wildman–Crippen MR) is 52.3 cm³/mol. The fraction of sp³-hybridized carbons (Fsp3) is 0.300. The van der Waals surface area contributed by atoms with Gasteiger partial charge in [-0.3, -0.25) is 0 Å². The van der Waals surface area contributed by atoms with Gasteiger partial charge < -0.3 is 15.6 Å². The average molecular weight is 228 g/mol. The van der Waals surface area contributed by atoms with Crippen LogP contribution in [-0.4, -0.2) is 18.6 Å². The topological polar surface area (TPSA) is 79.3 Å². The molecule has 86 valence electrons. The van der Waals surface area contributed by atoms with Crippen molar-refractivity contribution in [3.63, 3.8) is 0 Å². The second-order valence-corrected chi connectivity index (χ2v) is 3.05. The lowest BCUT2D eigenvalue weighted by atomic mass is 10.00. The van der Waals surface area contributed by atoms with Gasteiger partial charge in [0.25, 0.3) is 6.43 Å². The largest absolute Gasteiger partial charge is 0.504 e. The summed E-state index contributed by atoms with van der Waals surface area (Å²) in [6.07, 6.45) is -2.87. The van der Waals surface area contributed by atoms with Crippen LogP contribution in [0, 0.1) is 11.3 Å². The van der Waals surface area contributed by atoms with E-state index in [1.165, 1.54) is 19.2 Å². The minimum Gasteiger partial charge on any atom is -0.504 e. The number of hydrogen-bond acceptors (Lipinski definition) is 4. The van der Waals surface area contributed by atoms with Gasteiger partial charge in [0.1, 0.15) is 0 Å². The smallest absolute Gasteiger partial charge is 0.257 e. The Balaban J connectivity index is 3.39. The van der Waals surface area contributed by atoms with Crippen LogP contribution in [0.4, 0.5) is 8.78 Å². The highest BCUT2D eigenvalue weighted by atomic mass is 19.3. The van der Waals surface area contributed by atoms with Crippen LogP contribution in [-0.2, 0) is 0 Å². The Morgan fingerprint density at radius 2 is 2.12 bits per heavy atom. The van der Waals surface area contributed by atoms with E-state index in [4.69, 9.17) is 15.7 Å². The highest BCUT2D eigenvalue weighted by molar-refractivity contribution is 5.55. The number of ether oxygens (including phenoxy) is 1. The zero-order valence-electron chi connectivity index (χ0n) is 8.45. The molecule has 0 aromatic heterocycles. The number of methoxy groups -OCH3 is 1. The van der Waals surface area contributed by atoms with Crippen molar-refractivity contribution in [2.45, 2.75) is 12.5 Å². The fourth-order valence-corrected chi connectivity index (χ4v) is 1.31. The molecule has 6 heteroatoms. The molecule has 0 spiro atoms. The highest BCUT2D eigenvalue weighted by Crippen LogP contribution is 2.37. The molecule has 1 aromatic carbocycles. The van der Waals surface area contributed by atoms with Crippen LogP contribution in [0.25, 0.3) is 0 Å². The number of phenols is 1. The average Bonchev–Trinajstić information content (AvgIpc) is 2.27. The lowest BCUT2D eigenvalue weighted by molar-refractivity contribution is 0.115. The Hall–Kier alpha value is -1.87. The lowest BCUT2D eigenvalue weighted by Crippen LogP contribution is -2.20. The van der Waals surface area contributed by atoms with Gasteiger partial charge in [0.15, 0.2) is 11.5 Å². The molecule has 16 heavy (non-hydrogen) atoms. The van der Waals surface area contributed by atoms with Crippen LogP contribution in [0.1, 0.15) is 17.2 Å². The number of nitrogens with zero attached hydrogens (tertiary/aromatic N) is 1. The first-order valence-corrected chi connectivity index (χ1v) is 4.36. The van der Waals surface area contributed by atoms with Gasteiger partial charge in [0, 0.05) is 5.56 Å². The molecule has 0 aliphatic heterocycles. The normalized spacial score (nSPS) is 12.2. The molecule has 0 heterocycles. The van der Waals surface area contributed by atoms with Gasteiger partial charge in [0.2, 0.25) is 0 Å². The third-order valence-electron chi connectivity index (χ3n) is 2.13.